The van der Waals surface area contributed by atoms with E-state index in [0.29, 0.717) is 28.6 Å². The molecule has 152 valence electrons. The van der Waals surface area contributed by atoms with Gasteiger partial charge >= 0.3 is 0 Å². The number of imidazole rings is 1. The van der Waals surface area contributed by atoms with E-state index in [0.717, 1.165) is 11.1 Å². The summed E-state index contributed by atoms with van der Waals surface area (Å²) in [7, 11) is 6.65. The van der Waals surface area contributed by atoms with Crippen LogP contribution in [0.4, 0.5) is 0 Å². The molecule has 1 heterocycles. The molecule has 7 nitrogen and oxygen atoms in total. The summed E-state index contributed by atoms with van der Waals surface area (Å²) in [5.41, 5.74) is 2.26. The number of rotatable bonds is 7. The summed E-state index contributed by atoms with van der Waals surface area (Å²) in [6.45, 7) is 1.93. The second kappa shape index (κ2) is 8.68. The summed E-state index contributed by atoms with van der Waals surface area (Å²) in [5.74, 6) is 2.37. The Morgan fingerprint density at radius 1 is 1.03 bits per heavy atom. The molecule has 0 spiro atoms. The quantitative estimate of drug-likeness (QED) is 0.665. The highest BCUT2D eigenvalue weighted by atomic mass is 16.5. The number of methoxy groups -OCH3 is 3. The summed E-state index contributed by atoms with van der Waals surface area (Å²) >= 11 is 0. The highest BCUT2D eigenvalue weighted by Gasteiger charge is 2.23. The Morgan fingerprint density at radius 2 is 1.72 bits per heavy atom. The van der Waals surface area contributed by atoms with Gasteiger partial charge in [-0.15, -0.1) is 0 Å². The molecule has 1 atom stereocenters. The third-order valence-corrected chi connectivity index (χ3v) is 4.77. The lowest BCUT2D eigenvalue weighted by Crippen LogP contribution is -2.31. The molecule has 1 aromatic heterocycles. The molecule has 0 radical (unpaired) electrons. The van der Waals surface area contributed by atoms with Gasteiger partial charge in [0, 0.05) is 31.1 Å². The van der Waals surface area contributed by atoms with Crippen molar-refractivity contribution in [3.8, 4) is 17.2 Å². The maximum atomic E-state index is 13.1. The average molecular weight is 395 g/mol. The van der Waals surface area contributed by atoms with E-state index in [1.807, 2.05) is 42.9 Å². The number of carbonyl (C=O) groups excluding carboxylic acids is 1. The highest BCUT2D eigenvalue weighted by Crippen LogP contribution is 2.30. The monoisotopic (exact) mass is 395 g/mol. The first-order valence-electron chi connectivity index (χ1n) is 9.12. The number of hydrogen-bond acceptors (Lipinski definition) is 5. The minimum absolute atomic E-state index is 0.238. The van der Waals surface area contributed by atoms with Gasteiger partial charge in [-0.2, -0.15) is 0 Å². The largest absolute Gasteiger partial charge is 0.497 e. The van der Waals surface area contributed by atoms with Crippen molar-refractivity contribution < 1.29 is 19.0 Å². The Bertz CT molecular complexity index is 991. The fourth-order valence-electron chi connectivity index (χ4n) is 3.12. The fourth-order valence-corrected chi connectivity index (χ4v) is 3.12. The van der Waals surface area contributed by atoms with E-state index in [-0.39, 0.29) is 5.91 Å². The van der Waals surface area contributed by atoms with Gasteiger partial charge in [-0.1, -0.05) is 6.07 Å². The van der Waals surface area contributed by atoms with Gasteiger partial charge in [-0.25, -0.2) is 4.98 Å². The van der Waals surface area contributed by atoms with Gasteiger partial charge in [0.15, 0.2) is 0 Å². The Hall–Kier alpha value is -3.48. The minimum atomic E-state index is -0.501. The molecule has 0 bridgehead atoms. The fraction of sp³-hybridized carbons (Fsp3) is 0.273. The van der Waals surface area contributed by atoms with Crippen molar-refractivity contribution in [2.75, 3.05) is 21.3 Å². The molecule has 29 heavy (non-hydrogen) atoms. The Balaban J connectivity index is 2.02. The lowest BCUT2D eigenvalue weighted by Gasteiger charge is -2.21. The van der Waals surface area contributed by atoms with Crippen molar-refractivity contribution in [3.63, 3.8) is 0 Å². The van der Waals surface area contributed by atoms with Crippen LogP contribution in [0, 0.1) is 6.92 Å². The van der Waals surface area contributed by atoms with Crippen LogP contribution in [0.5, 0.6) is 17.2 Å². The average Bonchev–Trinajstić information content (AvgIpc) is 3.17. The van der Waals surface area contributed by atoms with E-state index in [4.69, 9.17) is 14.2 Å². The van der Waals surface area contributed by atoms with E-state index in [2.05, 4.69) is 10.3 Å². The maximum absolute atomic E-state index is 13.1. The second-order valence-corrected chi connectivity index (χ2v) is 6.63. The molecule has 0 aliphatic heterocycles. The number of aromatic nitrogens is 2. The van der Waals surface area contributed by atoms with Crippen LogP contribution in [0.15, 0.2) is 48.8 Å². The zero-order valence-electron chi connectivity index (χ0n) is 17.2. The lowest BCUT2D eigenvalue weighted by molar-refractivity contribution is 0.0940. The second-order valence-electron chi connectivity index (χ2n) is 6.63. The number of benzene rings is 2. The smallest absolute Gasteiger partial charge is 0.252 e. The van der Waals surface area contributed by atoms with Crippen molar-refractivity contribution in [1.82, 2.24) is 14.9 Å². The zero-order valence-corrected chi connectivity index (χ0v) is 17.2. The van der Waals surface area contributed by atoms with Crippen LogP contribution < -0.4 is 19.5 Å². The van der Waals surface area contributed by atoms with Gasteiger partial charge in [0.1, 0.15) is 29.1 Å². The van der Waals surface area contributed by atoms with Gasteiger partial charge in [0.05, 0.1) is 21.3 Å². The van der Waals surface area contributed by atoms with Crippen molar-refractivity contribution >= 4 is 5.91 Å². The molecule has 1 amide bonds. The molecule has 0 saturated carbocycles. The number of hydrogen-bond donors (Lipinski definition) is 1. The van der Waals surface area contributed by atoms with E-state index < -0.39 is 6.04 Å². The van der Waals surface area contributed by atoms with Gasteiger partial charge < -0.3 is 24.1 Å². The number of aryl methyl sites for hydroxylation is 2. The van der Waals surface area contributed by atoms with Crippen molar-refractivity contribution in [2.24, 2.45) is 7.05 Å². The molecule has 3 rings (SSSR count). The van der Waals surface area contributed by atoms with Crippen LogP contribution in [-0.4, -0.2) is 36.8 Å². The van der Waals surface area contributed by atoms with Crippen LogP contribution in [0.25, 0.3) is 0 Å². The zero-order chi connectivity index (χ0) is 21.0. The standard InChI is InChI=1S/C22H25N3O4/c1-14-6-7-15(12-19(14)29-5)22(26)24-20(21-23-8-9-25(21)2)16-10-17(27-3)13-18(11-16)28-4/h6-13,20H,1-5H3,(H,24,26). The van der Waals surface area contributed by atoms with Gasteiger partial charge in [0.2, 0.25) is 0 Å². The van der Waals surface area contributed by atoms with Crippen LogP contribution in [0.2, 0.25) is 0 Å². The molecule has 3 aromatic rings. The first kappa shape index (κ1) is 20.3. The molecule has 1 N–H and O–H groups in total. The predicted octanol–water partition coefficient (Wildman–Crippen LogP) is 3.27. The number of ether oxygens (including phenoxy) is 3. The van der Waals surface area contributed by atoms with E-state index in [1.54, 1.807) is 45.7 Å². The van der Waals surface area contributed by atoms with Crippen LogP contribution in [0.3, 0.4) is 0 Å². The molecule has 0 aliphatic rings. The maximum Gasteiger partial charge on any atom is 0.252 e. The molecule has 0 aliphatic carbocycles. The summed E-state index contributed by atoms with van der Waals surface area (Å²) in [4.78, 5) is 17.5. The first-order valence-corrected chi connectivity index (χ1v) is 9.12. The number of nitrogens with zero attached hydrogens (tertiary/aromatic N) is 2. The van der Waals surface area contributed by atoms with Gasteiger partial charge in [-0.3, -0.25) is 4.79 Å². The summed E-state index contributed by atoms with van der Waals surface area (Å²) in [6.07, 6.45) is 3.53. The van der Waals surface area contributed by atoms with E-state index >= 15 is 0 Å². The third kappa shape index (κ3) is 4.34. The molecule has 0 saturated heterocycles. The van der Waals surface area contributed by atoms with Gasteiger partial charge in [0.25, 0.3) is 5.91 Å². The van der Waals surface area contributed by atoms with Crippen molar-refractivity contribution in [3.05, 3.63) is 71.3 Å². The molecule has 0 fully saturated rings. The molecule has 1 unspecified atom stereocenters. The topological polar surface area (TPSA) is 74.6 Å². The number of amides is 1. The number of nitrogens with one attached hydrogen (secondary N) is 1. The SMILES string of the molecule is COc1cc(OC)cc(C(NC(=O)c2ccc(C)c(OC)c2)c2nccn2C)c1. The van der Waals surface area contributed by atoms with Crippen LogP contribution >= 0.6 is 0 Å². The highest BCUT2D eigenvalue weighted by molar-refractivity contribution is 5.95. The van der Waals surface area contributed by atoms with Gasteiger partial charge in [-0.05, 0) is 42.3 Å². The molecular formula is C22H25N3O4. The molecule has 7 heteroatoms. The lowest BCUT2D eigenvalue weighted by atomic mass is 10.0. The summed E-state index contributed by atoms with van der Waals surface area (Å²) < 4.78 is 18.0. The summed E-state index contributed by atoms with van der Waals surface area (Å²) in [5, 5.41) is 3.08. The Labute approximate surface area is 170 Å². The Kier molecular flexibility index (Phi) is 6.07. The van der Waals surface area contributed by atoms with Crippen LogP contribution in [-0.2, 0) is 7.05 Å². The Morgan fingerprint density at radius 3 is 2.28 bits per heavy atom. The third-order valence-electron chi connectivity index (χ3n) is 4.77. The number of carbonyl (C=O) groups is 1. The van der Waals surface area contributed by atoms with Crippen LogP contribution in [0.1, 0.15) is 33.4 Å². The molecule has 2 aromatic carbocycles. The summed E-state index contributed by atoms with van der Waals surface area (Å²) in [6, 6.07) is 10.4. The normalized spacial score (nSPS) is 11.6. The minimum Gasteiger partial charge on any atom is -0.497 e. The van der Waals surface area contributed by atoms with Crippen molar-refractivity contribution in [1.29, 1.82) is 0 Å². The van der Waals surface area contributed by atoms with E-state index in [9.17, 15) is 4.79 Å². The van der Waals surface area contributed by atoms with Crippen molar-refractivity contribution in [2.45, 2.75) is 13.0 Å². The predicted molar refractivity (Wildman–Crippen MR) is 110 cm³/mol. The first-order chi connectivity index (χ1) is 14.0. The molecular weight excluding hydrogens is 370 g/mol. The van der Waals surface area contributed by atoms with E-state index in [1.165, 1.54) is 0 Å².